The van der Waals surface area contributed by atoms with Crippen LogP contribution in [-0.4, -0.2) is 19.6 Å². The van der Waals surface area contributed by atoms with Crippen molar-refractivity contribution < 1.29 is 17.6 Å². The highest BCUT2D eigenvalue weighted by atomic mass is 19.4. The summed E-state index contributed by atoms with van der Waals surface area (Å²) in [6.45, 7) is 2.11. The van der Waals surface area contributed by atoms with E-state index < -0.39 is 17.6 Å². The molecule has 1 atom stereocenters. The summed E-state index contributed by atoms with van der Waals surface area (Å²) in [6.07, 6.45) is -4.64. The molecule has 2 rings (SSSR count). The van der Waals surface area contributed by atoms with Crippen molar-refractivity contribution in [3.8, 4) is 0 Å². The zero-order valence-electron chi connectivity index (χ0n) is 8.94. The first-order valence-corrected chi connectivity index (χ1v) is 5.29. The van der Waals surface area contributed by atoms with Crippen LogP contribution in [0.15, 0.2) is 18.2 Å². The van der Waals surface area contributed by atoms with E-state index in [-0.39, 0.29) is 6.04 Å². The molecule has 0 spiro atoms. The number of hydrogen-bond donors (Lipinski definition) is 2. The average Bonchev–Trinajstić information content (AvgIpc) is 2.28. The molecule has 0 amide bonds. The summed E-state index contributed by atoms with van der Waals surface area (Å²) < 4.78 is 50.4. The quantitative estimate of drug-likeness (QED) is 0.743. The third kappa shape index (κ3) is 2.76. The van der Waals surface area contributed by atoms with Gasteiger partial charge in [0.2, 0.25) is 0 Å². The zero-order valence-corrected chi connectivity index (χ0v) is 8.94. The van der Waals surface area contributed by atoms with Crippen LogP contribution in [-0.2, 0) is 6.18 Å². The third-order valence-electron chi connectivity index (χ3n) is 2.74. The molecule has 2 nitrogen and oxygen atoms in total. The van der Waals surface area contributed by atoms with Gasteiger partial charge in [-0.15, -0.1) is 0 Å². The Hall–Kier alpha value is -1.14. The number of benzene rings is 1. The van der Waals surface area contributed by atoms with Gasteiger partial charge in [-0.2, -0.15) is 13.2 Å². The molecule has 0 saturated carbocycles. The highest BCUT2D eigenvalue weighted by molar-refractivity contribution is 5.29. The number of halogens is 4. The number of rotatable bonds is 1. The largest absolute Gasteiger partial charge is 0.419 e. The molecule has 1 aliphatic rings. The highest BCUT2D eigenvalue weighted by Crippen LogP contribution is 2.32. The SMILES string of the molecule is Fc1cc([C@H]2CNCCN2)ccc1C(F)(F)F. The molecule has 0 aromatic heterocycles. The van der Waals surface area contributed by atoms with Crippen LogP contribution >= 0.6 is 0 Å². The van der Waals surface area contributed by atoms with Crippen LogP contribution in [0.3, 0.4) is 0 Å². The van der Waals surface area contributed by atoms with Crippen molar-refractivity contribution >= 4 is 0 Å². The molecule has 1 heterocycles. The molecule has 1 aliphatic heterocycles. The van der Waals surface area contributed by atoms with Gasteiger partial charge in [0.1, 0.15) is 5.82 Å². The van der Waals surface area contributed by atoms with E-state index in [1.807, 2.05) is 0 Å². The molecule has 1 aromatic rings. The van der Waals surface area contributed by atoms with Crippen LogP contribution in [0.4, 0.5) is 17.6 Å². The fraction of sp³-hybridized carbons (Fsp3) is 0.455. The number of nitrogens with one attached hydrogen (secondary N) is 2. The Kier molecular flexibility index (Phi) is 3.35. The normalized spacial score (nSPS) is 21.5. The number of piperazine rings is 1. The van der Waals surface area contributed by atoms with Gasteiger partial charge in [0.15, 0.2) is 0 Å². The van der Waals surface area contributed by atoms with Gasteiger partial charge in [0, 0.05) is 25.7 Å². The molecule has 0 aliphatic carbocycles. The second-order valence-electron chi connectivity index (χ2n) is 3.95. The van der Waals surface area contributed by atoms with Gasteiger partial charge >= 0.3 is 6.18 Å². The minimum absolute atomic E-state index is 0.138. The zero-order chi connectivity index (χ0) is 12.5. The summed E-state index contributed by atoms with van der Waals surface area (Å²) in [7, 11) is 0. The van der Waals surface area contributed by atoms with Gasteiger partial charge < -0.3 is 10.6 Å². The van der Waals surface area contributed by atoms with Gasteiger partial charge in [-0.05, 0) is 17.7 Å². The van der Waals surface area contributed by atoms with Gasteiger partial charge in [-0.1, -0.05) is 6.07 Å². The lowest BCUT2D eigenvalue weighted by atomic mass is 10.0. The van der Waals surface area contributed by atoms with Crippen molar-refractivity contribution in [2.45, 2.75) is 12.2 Å². The predicted molar refractivity (Wildman–Crippen MR) is 55.0 cm³/mol. The second-order valence-corrected chi connectivity index (χ2v) is 3.95. The third-order valence-corrected chi connectivity index (χ3v) is 2.74. The monoisotopic (exact) mass is 248 g/mol. The van der Waals surface area contributed by atoms with Crippen LogP contribution in [0.2, 0.25) is 0 Å². The van der Waals surface area contributed by atoms with Gasteiger partial charge in [-0.25, -0.2) is 4.39 Å². The van der Waals surface area contributed by atoms with Crippen molar-refractivity contribution in [3.05, 3.63) is 35.1 Å². The lowest BCUT2D eigenvalue weighted by Crippen LogP contribution is -2.42. The lowest BCUT2D eigenvalue weighted by Gasteiger charge is -2.25. The molecule has 0 unspecified atom stereocenters. The first-order valence-electron chi connectivity index (χ1n) is 5.29. The topological polar surface area (TPSA) is 24.1 Å². The predicted octanol–water partition coefficient (Wildman–Crippen LogP) is 2.08. The minimum Gasteiger partial charge on any atom is -0.314 e. The van der Waals surface area contributed by atoms with Crippen molar-refractivity contribution in [2.75, 3.05) is 19.6 Å². The summed E-state index contributed by atoms with van der Waals surface area (Å²) in [5.74, 6) is -1.22. The second kappa shape index (κ2) is 4.62. The standard InChI is InChI=1S/C11H12F4N2/c12-9-5-7(10-6-16-3-4-17-10)1-2-8(9)11(13,14)15/h1-2,5,10,16-17H,3-4,6H2/t10-/m1/s1. The Morgan fingerprint density at radius 1 is 1.18 bits per heavy atom. The van der Waals surface area contributed by atoms with E-state index in [4.69, 9.17) is 0 Å². The van der Waals surface area contributed by atoms with Crippen LogP contribution in [0.1, 0.15) is 17.2 Å². The van der Waals surface area contributed by atoms with E-state index in [2.05, 4.69) is 10.6 Å². The summed E-state index contributed by atoms with van der Waals surface area (Å²) in [4.78, 5) is 0. The highest BCUT2D eigenvalue weighted by Gasteiger charge is 2.34. The summed E-state index contributed by atoms with van der Waals surface area (Å²) in [5.41, 5.74) is -0.687. The van der Waals surface area contributed by atoms with Crippen LogP contribution in [0.5, 0.6) is 0 Å². The first kappa shape index (κ1) is 12.3. The van der Waals surface area contributed by atoms with Crippen molar-refractivity contribution in [2.24, 2.45) is 0 Å². The van der Waals surface area contributed by atoms with Gasteiger partial charge in [0.25, 0.3) is 0 Å². The maximum Gasteiger partial charge on any atom is 0.419 e. The van der Waals surface area contributed by atoms with E-state index in [0.29, 0.717) is 18.7 Å². The average molecular weight is 248 g/mol. The lowest BCUT2D eigenvalue weighted by molar-refractivity contribution is -0.140. The molecular weight excluding hydrogens is 236 g/mol. The molecule has 1 aromatic carbocycles. The Morgan fingerprint density at radius 3 is 2.47 bits per heavy atom. The summed E-state index contributed by atoms with van der Waals surface area (Å²) in [6, 6.07) is 2.92. The van der Waals surface area contributed by atoms with Crippen LogP contribution in [0, 0.1) is 5.82 Å². The summed E-state index contributed by atoms with van der Waals surface area (Å²) >= 11 is 0. The van der Waals surface area contributed by atoms with E-state index in [1.54, 1.807) is 0 Å². The van der Waals surface area contributed by atoms with E-state index in [0.717, 1.165) is 18.7 Å². The Balaban J connectivity index is 2.24. The number of hydrogen-bond acceptors (Lipinski definition) is 2. The van der Waals surface area contributed by atoms with E-state index in [1.165, 1.54) is 6.07 Å². The Morgan fingerprint density at radius 2 is 1.94 bits per heavy atom. The maximum atomic E-state index is 13.3. The van der Waals surface area contributed by atoms with Gasteiger partial charge in [-0.3, -0.25) is 0 Å². The van der Waals surface area contributed by atoms with Gasteiger partial charge in [0.05, 0.1) is 5.56 Å². The molecular formula is C11H12F4N2. The van der Waals surface area contributed by atoms with E-state index >= 15 is 0 Å². The van der Waals surface area contributed by atoms with Crippen molar-refractivity contribution in [1.29, 1.82) is 0 Å². The fourth-order valence-electron chi connectivity index (χ4n) is 1.87. The molecule has 1 fully saturated rings. The fourth-order valence-corrected chi connectivity index (χ4v) is 1.87. The molecule has 0 bridgehead atoms. The van der Waals surface area contributed by atoms with Crippen molar-refractivity contribution in [1.82, 2.24) is 10.6 Å². The van der Waals surface area contributed by atoms with Crippen LogP contribution in [0.25, 0.3) is 0 Å². The Labute approximate surface area is 96.0 Å². The van der Waals surface area contributed by atoms with E-state index in [9.17, 15) is 17.6 Å². The molecule has 6 heteroatoms. The maximum absolute atomic E-state index is 13.3. The van der Waals surface area contributed by atoms with Crippen molar-refractivity contribution in [3.63, 3.8) is 0 Å². The minimum atomic E-state index is -4.64. The Bertz CT molecular complexity index is 397. The van der Waals surface area contributed by atoms with Crippen LogP contribution < -0.4 is 10.6 Å². The molecule has 94 valence electrons. The summed E-state index contributed by atoms with van der Waals surface area (Å²) in [5, 5.41) is 6.20. The molecule has 1 saturated heterocycles. The number of alkyl halides is 3. The molecule has 2 N–H and O–H groups in total. The molecule has 0 radical (unpaired) electrons. The first-order chi connectivity index (χ1) is 7.98. The molecule has 17 heavy (non-hydrogen) atoms. The smallest absolute Gasteiger partial charge is 0.314 e.